The van der Waals surface area contributed by atoms with Crippen LogP contribution in [-0.4, -0.2) is 70.2 Å². The number of aliphatic hydroxyl groups excluding tert-OH is 2. The Bertz CT molecular complexity index is 1540. The topological polar surface area (TPSA) is 81.1 Å². The molecule has 2 heterocycles. The zero-order chi connectivity index (χ0) is 38.1. The van der Waals surface area contributed by atoms with Crippen molar-refractivity contribution >= 4 is 35.7 Å². The highest BCUT2D eigenvalue weighted by Crippen LogP contribution is 2.52. The molecule has 51 heavy (non-hydrogen) atoms. The van der Waals surface area contributed by atoms with E-state index in [1.807, 2.05) is 0 Å². The first-order valence-electron chi connectivity index (χ1n) is 15.1. The van der Waals surface area contributed by atoms with Crippen molar-refractivity contribution in [3.63, 3.8) is 0 Å². The number of amides is 2. The van der Waals surface area contributed by atoms with Gasteiger partial charge in [-0.1, -0.05) is 23.9 Å². The molecule has 2 aromatic carbocycles. The molecule has 2 amide bonds. The molecule has 280 valence electrons. The third-order valence-electron chi connectivity index (χ3n) is 8.12. The molecule has 4 rings (SSSR count). The maximum Gasteiger partial charge on any atom is 0.418 e. The summed E-state index contributed by atoms with van der Waals surface area (Å²) in [6, 6.07) is 1.62. The van der Waals surface area contributed by atoms with Crippen LogP contribution in [0.2, 0.25) is 0 Å². The lowest BCUT2D eigenvalue weighted by Gasteiger charge is -2.28. The lowest BCUT2D eigenvalue weighted by atomic mass is 9.98. The normalized spacial score (nSPS) is 17.6. The Morgan fingerprint density at radius 2 is 0.843 bits per heavy atom. The second kappa shape index (κ2) is 15.1. The molecule has 0 aromatic heterocycles. The molecule has 2 saturated heterocycles. The molecule has 0 bridgehead atoms. The van der Waals surface area contributed by atoms with Crippen molar-refractivity contribution in [1.29, 1.82) is 0 Å². The van der Waals surface area contributed by atoms with Crippen molar-refractivity contribution in [3.05, 3.63) is 69.8 Å². The summed E-state index contributed by atoms with van der Waals surface area (Å²) >= 11 is -0.619. The fourth-order valence-electron chi connectivity index (χ4n) is 5.64. The van der Waals surface area contributed by atoms with Crippen LogP contribution >= 0.6 is 11.8 Å². The molecule has 0 atom stereocenters. The van der Waals surface area contributed by atoms with Gasteiger partial charge >= 0.3 is 24.7 Å². The largest absolute Gasteiger partial charge is 0.418 e. The van der Waals surface area contributed by atoms with Gasteiger partial charge in [0.05, 0.1) is 34.5 Å². The number of halogens is 12. The van der Waals surface area contributed by atoms with E-state index < -0.39 is 104 Å². The number of alkyl halides is 12. The lowest BCUT2D eigenvalue weighted by Crippen LogP contribution is -2.39. The van der Waals surface area contributed by atoms with Gasteiger partial charge in [-0.2, -0.15) is 52.7 Å². The molecule has 2 aliphatic heterocycles. The Hall–Kier alpha value is -3.71. The van der Waals surface area contributed by atoms with Crippen LogP contribution in [0.5, 0.6) is 0 Å². The Balaban J connectivity index is 1.82. The minimum absolute atomic E-state index is 0.00957. The summed E-state index contributed by atoms with van der Waals surface area (Å²) in [6.07, 6.45) is -22.3. The maximum absolute atomic E-state index is 14.4. The molecule has 2 fully saturated rings. The highest BCUT2D eigenvalue weighted by atomic mass is 32.2. The van der Waals surface area contributed by atoms with Crippen LogP contribution in [0, 0.1) is 0 Å². The molecular weight excluding hydrogens is 736 g/mol. The summed E-state index contributed by atoms with van der Waals surface area (Å²) < 4.78 is 172. The van der Waals surface area contributed by atoms with Crippen molar-refractivity contribution in [1.82, 2.24) is 9.80 Å². The smallest absolute Gasteiger partial charge is 0.393 e. The molecule has 2 aliphatic rings. The van der Waals surface area contributed by atoms with Crippen LogP contribution < -0.4 is 0 Å². The molecular formula is C32H28F12N2O4S. The number of nitrogens with zero attached hydrogens (tertiary/aromatic N) is 2. The Morgan fingerprint density at radius 3 is 1.12 bits per heavy atom. The van der Waals surface area contributed by atoms with Gasteiger partial charge in [0.2, 0.25) is 11.8 Å². The van der Waals surface area contributed by atoms with Gasteiger partial charge in [0.15, 0.2) is 0 Å². The fourth-order valence-corrected chi connectivity index (χ4v) is 6.79. The predicted molar refractivity (Wildman–Crippen MR) is 159 cm³/mol. The van der Waals surface area contributed by atoms with E-state index >= 15 is 0 Å². The van der Waals surface area contributed by atoms with Crippen LogP contribution in [-0.2, 0) is 34.3 Å². The molecule has 0 saturated carbocycles. The zero-order valence-corrected chi connectivity index (χ0v) is 26.8. The summed E-state index contributed by atoms with van der Waals surface area (Å²) in [5.41, 5.74) is -12.1. The van der Waals surface area contributed by atoms with Gasteiger partial charge in [0, 0.05) is 48.1 Å². The first-order chi connectivity index (χ1) is 23.5. The third-order valence-corrected chi connectivity index (χ3v) is 9.24. The maximum atomic E-state index is 14.4. The molecule has 0 radical (unpaired) electrons. The molecule has 2 N–H and O–H groups in total. The second-order valence-electron chi connectivity index (χ2n) is 11.7. The summed E-state index contributed by atoms with van der Waals surface area (Å²) in [6.45, 7) is 0.0383. The van der Waals surface area contributed by atoms with E-state index in [9.17, 15) is 72.5 Å². The highest BCUT2D eigenvalue weighted by molar-refractivity contribution is 7.99. The number of hydrogen-bond donors (Lipinski definition) is 2. The first kappa shape index (κ1) is 40.1. The monoisotopic (exact) mass is 764 g/mol. The van der Waals surface area contributed by atoms with E-state index in [4.69, 9.17) is 0 Å². The number of likely N-dealkylation sites (tertiary alicyclic amines) is 2. The number of carbonyl (C=O) groups excluding carboxylic acids is 2. The highest BCUT2D eigenvalue weighted by Gasteiger charge is 2.49. The third kappa shape index (κ3) is 9.79. The summed E-state index contributed by atoms with van der Waals surface area (Å²) in [4.78, 5) is 24.2. The quantitative estimate of drug-likeness (QED) is 0.231. The van der Waals surface area contributed by atoms with Gasteiger partial charge in [0.1, 0.15) is 0 Å². The summed E-state index contributed by atoms with van der Waals surface area (Å²) in [5.74, 6) is -1.77. The summed E-state index contributed by atoms with van der Waals surface area (Å²) in [7, 11) is 0. The second-order valence-corrected chi connectivity index (χ2v) is 12.8. The minimum atomic E-state index is -5.90. The lowest BCUT2D eigenvalue weighted by molar-refractivity contribution is -0.164. The van der Waals surface area contributed by atoms with Gasteiger partial charge < -0.3 is 20.0 Å². The van der Waals surface area contributed by atoms with Crippen molar-refractivity contribution in [2.75, 3.05) is 26.2 Å². The van der Waals surface area contributed by atoms with Crippen LogP contribution in [0.15, 0.2) is 46.2 Å². The van der Waals surface area contributed by atoms with Crippen molar-refractivity contribution < 1.29 is 72.5 Å². The van der Waals surface area contributed by atoms with Crippen molar-refractivity contribution in [2.45, 2.75) is 72.4 Å². The molecule has 0 unspecified atom stereocenters. The number of aliphatic hydroxyl groups is 2. The minimum Gasteiger partial charge on any atom is -0.393 e. The van der Waals surface area contributed by atoms with Gasteiger partial charge in [0.25, 0.3) is 0 Å². The van der Waals surface area contributed by atoms with Crippen LogP contribution in [0.1, 0.15) is 59.1 Å². The van der Waals surface area contributed by atoms with Gasteiger partial charge in [-0.15, -0.1) is 0 Å². The zero-order valence-electron chi connectivity index (χ0n) is 26.0. The van der Waals surface area contributed by atoms with E-state index in [2.05, 4.69) is 0 Å². The SMILES string of the molecule is O=C(/C=C/c1ccc(Sc2ccc(/C=C/C(=O)N3CCC(O)CC3)c(C(F)(F)F)c2C(F)(F)F)c(C(F)(F)F)c1C(F)(F)F)N1CCC(O)CC1. The first-order valence-corrected chi connectivity index (χ1v) is 15.9. The number of benzene rings is 2. The molecule has 19 heteroatoms. The van der Waals surface area contributed by atoms with Crippen LogP contribution in [0.25, 0.3) is 12.2 Å². The van der Waals surface area contributed by atoms with E-state index in [1.165, 1.54) is 0 Å². The van der Waals surface area contributed by atoms with Crippen LogP contribution in [0.3, 0.4) is 0 Å². The van der Waals surface area contributed by atoms with Gasteiger partial charge in [-0.25, -0.2) is 0 Å². The van der Waals surface area contributed by atoms with E-state index in [0.717, 1.165) is 9.80 Å². The van der Waals surface area contributed by atoms with Gasteiger partial charge in [-0.3, -0.25) is 9.59 Å². The number of rotatable bonds is 6. The van der Waals surface area contributed by atoms with E-state index in [0.29, 0.717) is 48.6 Å². The predicted octanol–water partition coefficient (Wildman–Crippen LogP) is 7.91. The van der Waals surface area contributed by atoms with E-state index in [-0.39, 0.29) is 51.9 Å². The molecule has 6 nitrogen and oxygen atoms in total. The summed E-state index contributed by atoms with van der Waals surface area (Å²) in [5, 5.41) is 19.2. The number of hydrogen-bond acceptors (Lipinski definition) is 5. The Kier molecular flexibility index (Phi) is 11.9. The standard InChI is InChI=1S/C32H28F12N2O4S/c33-29(34,35)25-17(3-7-23(49)45-13-9-19(47)10-14-45)1-5-21(27(25)31(39,40)41)51-22-6-2-18(26(30(36,37)38)28(22)32(42,43)44)4-8-24(50)46-15-11-20(48)12-16-46/h1-8,19-20,47-48H,9-16H2/b7-3+,8-4+. The molecule has 2 aromatic rings. The van der Waals surface area contributed by atoms with Gasteiger partial charge in [-0.05, 0) is 61.1 Å². The average molecular weight is 765 g/mol. The molecule has 0 spiro atoms. The Morgan fingerprint density at radius 1 is 0.549 bits per heavy atom. The molecule has 0 aliphatic carbocycles. The van der Waals surface area contributed by atoms with Crippen LogP contribution in [0.4, 0.5) is 52.7 Å². The number of piperidine rings is 2. The average Bonchev–Trinajstić information content (AvgIpc) is 3.01. The number of carbonyl (C=O) groups is 2. The van der Waals surface area contributed by atoms with Crippen molar-refractivity contribution in [3.8, 4) is 0 Å². The van der Waals surface area contributed by atoms with Crippen molar-refractivity contribution in [2.24, 2.45) is 0 Å². The van der Waals surface area contributed by atoms with E-state index in [1.54, 1.807) is 0 Å². The fraction of sp³-hybridized carbons (Fsp3) is 0.438. The Labute approximate surface area is 286 Å².